The summed E-state index contributed by atoms with van der Waals surface area (Å²) >= 11 is 1.27. The predicted octanol–water partition coefficient (Wildman–Crippen LogP) is 4.53. The molecule has 0 fully saturated rings. The van der Waals surface area contributed by atoms with Gasteiger partial charge in [0.05, 0.1) is 5.75 Å². The normalized spacial score (nSPS) is 10.6. The molecule has 0 aliphatic heterocycles. The van der Waals surface area contributed by atoms with E-state index in [0.29, 0.717) is 23.2 Å². The summed E-state index contributed by atoms with van der Waals surface area (Å²) in [6.45, 7) is 8.54. The van der Waals surface area contributed by atoms with Crippen LogP contribution >= 0.6 is 11.8 Å². The second-order valence-corrected chi connectivity index (χ2v) is 7.64. The maximum atomic E-state index is 13.0. The second kappa shape index (κ2) is 10.1. The van der Waals surface area contributed by atoms with Crippen molar-refractivity contribution in [3.8, 4) is 5.75 Å². The second-order valence-electron chi connectivity index (χ2n) is 6.70. The van der Waals surface area contributed by atoms with Crippen LogP contribution in [0, 0.1) is 19.7 Å². The number of benzene rings is 2. The van der Waals surface area contributed by atoms with Gasteiger partial charge >= 0.3 is 0 Å². The first-order valence-corrected chi connectivity index (χ1v) is 10.4. The van der Waals surface area contributed by atoms with Crippen LogP contribution in [0.3, 0.4) is 0 Å². The van der Waals surface area contributed by atoms with E-state index >= 15 is 0 Å². The molecule has 6 nitrogen and oxygen atoms in total. The Balaban J connectivity index is 1.63. The van der Waals surface area contributed by atoms with Gasteiger partial charge in [0.15, 0.2) is 11.0 Å². The molecular formula is C22H23FN4O2S. The van der Waals surface area contributed by atoms with Crippen molar-refractivity contribution in [3.63, 3.8) is 0 Å². The van der Waals surface area contributed by atoms with E-state index < -0.39 is 0 Å². The van der Waals surface area contributed by atoms with E-state index in [2.05, 4.69) is 22.1 Å². The molecule has 1 heterocycles. The van der Waals surface area contributed by atoms with Crippen LogP contribution in [-0.2, 0) is 17.9 Å². The quantitative estimate of drug-likeness (QED) is 0.402. The Labute approximate surface area is 179 Å². The van der Waals surface area contributed by atoms with Gasteiger partial charge in [-0.15, -0.1) is 16.8 Å². The average Bonchev–Trinajstić information content (AvgIpc) is 3.11. The first kappa shape index (κ1) is 21.6. The number of amides is 1. The van der Waals surface area contributed by atoms with Gasteiger partial charge in [0.25, 0.3) is 0 Å². The smallest absolute Gasteiger partial charge is 0.234 e. The van der Waals surface area contributed by atoms with Gasteiger partial charge in [-0.3, -0.25) is 9.36 Å². The van der Waals surface area contributed by atoms with Crippen molar-refractivity contribution in [2.45, 2.75) is 32.2 Å². The number of nitrogens with zero attached hydrogens (tertiary/aromatic N) is 3. The van der Waals surface area contributed by atoms with Gasteiger partial charge in [-0.25, -0.2) is 4.39 Å². The molecule has 0 saturated carbocycles. The Morgan fingerprint density at radius 3 is 2.73 bits per heavy atom. The fourth-order valence-corrected chi connectivity index (χ4v) is 3.48. The third kappa shape index (κ3) is 5.70. The van der Waals surface area contributed by atoms with Gasteiger partial charge in [-0.1, -0.05) is 30.0 Å². The lowest BCUT2D eigenvalue weighted by Gasteiger charge is -2.11. The molecule has 8 heteroatoms. The third-order valence-electron chi connectivity index (χ3n) is 4.27. The molecule has 0 spiro atoms. The molecule has 156 valence electrons. The van der Waals surface area contributed by atoms with Crippen LogP contribution in [0.5, 0.6) is 5.75 Å². The number of carbonyl (C=O) groups excluding carboxylic acids is 1. The minimum Gasteiger partial charge on any atom is -0.485 e. The fraction of sp³-hybridized carbons (Fsp3) is 0.227. The molecule has 30 heavy (non-hydrogen) atoms. The summed E-state index contributed by atoms with van der Waals surface area (Å²) in [6.07, 6.45) is 1.74. The zero-order valence-electron chi connectivity index (χ0n) is 16.9. The number of nitrogens with one attached hydrogen (secondary N) is 1. The van der Waals surface area contributed by atoms with Gasteiger partial charge < -0.3 is 10.1 Å². The summed E-state index contributed by atoms with van der Waals surface area (Å²) in [5.41, 5.74) is 2.70. The van der Waals surface area contributed by atoms with Crippen LogP contribution in [0.2, 0.25) is 0 Å². The topological polar surface area (TPSA) is 69.0 Å². The molecule has 1 aromatic heterocycles. The molecular weight excluding hydrogens is 403 g/mol. The highest BCUT2D eigenvalue weighted by molar-refractivity contribution is 7.99. The third-order valence-corrected chi connectivity index (χ3v) is 5.23. The Morgan fingerprint density at radius 1 is 1.23 bits per heavy atom. The van der Waals surface area contributed by atoms with Crippen LogP contribution < -0.4 is 10.1 Å². The number of carbonyl (C=O) groups is 1. The SMILES string of the molecule is C=CCn1c(COc2cc(C)ccc2C)nnc1SCC(=O)Nc1ccc(F)cc1. The lowest BCUT2D eigenvalue weighted by atomic mass is 10.1. The molecule has 3 aromatic rings. The number of aromatic nitrogens is 3. The van der Waals surface area contributed by atoms with Crippen molar-refractivity contribution < 1.29 is 13.9 Å². The first-order valence-electron chi connectivity index (χ1n) is 9.37. The first-order chi connectivity index (χ1) is 14.5. The zero-order valence-corrected chi connectivity index (χ0v) is 17.7. The highest BCUT2D eigenvalue weighted by atomic mass is 32.2. The summed E-state index contributed by atoms with van der Waals surface area (Å²) in [6, 6.07) is 11.7. The minimum absolute atomic E-state index is 0.143. The minimum atomic E-state index is -0.351. The molecule has 0 aliphatic rings. The molecule has 0 bridgehead atoms. The van der Waals surface area contributed by atoms with Crippen LogP contribution in [0.25, 0.3) is 0 Å². The molecule has 0 unspecified atom stereocenters. The number of hydrogen-bond donors (Lipinski definition) is 1. The van der Waals surface area contributed by atoms with Crippen molar-refractivity contribution in [1.82, 2.24) is 14.8 Å². The summed E-state index contributed by atoms with van der Waals surface area (Å²) < 4.78 is 20.8. The number of thioether (sulfide) groups is 1. The van der Waals surface area contributed by atoms with Crippen LogP contribution in [0.15, 0.2) is 60.3 Å². The van der Waals surface area contributed by atoms with Gasteiger partial charge in [0.1, 0.15) is 18.2 Å². The number of hydrogen-bond acceptors (Lipinski definition) is 5. The molecule has 0 atom stereocenters. The largest absolute Gasteiger partial charge is 0.485 e. The molecule has 1 amide bonds. The number of aryl methyl sites for hydroxylation is 2. The maximum absolute atomic E-state index is 13.0. The highest BCUT2D eigenvalue weighted by Crippen LogP contribution is 2.22. The summed E-state index contributed by atoms with van der Waals surface area (Å²) in [5, 5.41) is 11.7. The van der Waals surface area contributed by atoms with Gasteiger partial charge in [-0.05, 0) is 55.3 Å². The van der Waals surface area contributed by atoms with E-state index in [0.717, 1.165) is 16.9 Å². The van der Waals surface area contributed by atoms with Crippen molar-refractivity contribution in [3.05, 3.63) is 77.9 Å². The Bertz CT molecular complexity index is 1030. The number of ether oxygens (including phenoxy) is 1. The van der Waals surface area contributed by atoms with Gasteiger partial charge in [0, 0.05) is 12.2 Å². The van der Waals surface area contributed by atoms with Crippen molar-refractivity contribution >= 4 is 23.4 Å². The van der Waals surface area contributed by atoms with E-state index in [1.807, 2.05) is 36.6 Å². The van der Waals surface area contributed by atoms with Crippen molar-refractivity contribution in [1.29, 1.82) is 0 Å². The summed E-state index contributed by atoms with van der Waals surface area (Å²) in [7, 11) is 0. The molecule has 0 saturated heterocycles. The number of anilines is 1. The van der Waals surface area contributed by atoms with E-state index in [9.17, 15) is 9.18 Å². The van der Waals surface area contributed by atoms with E-state index in [-0.39, 0.29) is 24.1 Å². The Kier molecular flexibility index (Phi) is 7.24. The van der Waals surface area contributed by atoms with Crippen LogP contribution in [0.1, 0.15) is 17.0 Å². The van der Waals surface area contributed by atoms with E-state index in [1.54, 1.807) is 6.08 Å². The van der Waals surface area contributed by atoms with Crippen molar-refractivity contribution in [2.24, 2.45) is 0 Å². The maximum Gasteiger partial charge on any atom is 0.234 e. The number of allylic oxidation sites excluding steroid dienone is 1. The standard InChI is InChI=1S/C22H23FN4O2S/c1-4-11-27-20(13-29-19-12-15(2)5-6-16(19)3)25-26-22(27)30-14-21(28)24-18-9-7-17(23)8-10-18/h4-10,12H,1,11,13-14H2,2-3H3,(H,24,28). The summed E-state index contributed by atoms with van der Waals surface area (Å²) in [4.78, 5) is 12.2. The predicted molar refractivity (Wildman–Crippen MR) is 116 cm³/mol. The summed E-state index contributed by atoms with van der Waals surface area (Å²) in [5.74, 6) is 1.03. The fourth-order valence-electron chi connectivity index (χ4n) is 2.71. The Hall–Kier alpha value is -3.13. The zero-order chi connectivity index (χ0) is 21.5. The monoisotopic (exact) mass is 426 g/mol. The Morgan fingerprint density at radius 2 is 2.00 bits per heavy atom. The van der Waals surface area contributed by atoms with Crippen molar-refractivity contribution in [2.75, 3.05) is 11.1 Å². The molecule has 3 rings (SSSR count). The van der Waals surface area contributed by atoms with Crippen LogP contribution in [0.4, 0.5) is 10.1 Å². The van der Waals surface area contributed by atoms with Crippen LogP contribution in [-0.4, -0.2) is 26.4 Å². The average molecular weight is 427 g/mol. The van der Waals surface area contributed by atoms with Gasteiger partial charge in [-0.2, -0.15) is 0 Å². The highest BCUT2D eigenvalue weighted by Gasteiger charge is 2.15. The molecule has 2 aromatic carbocycles. The van der Waals surface area contributed by atoms with E-state index in [4.69, 9.17) is 4.74 Å². The lowest BCUT2D eigenvalue weighted by Crippen LogP contribution is -2.15. The molecule has 1 N–H and O–H groups in total. The molecule has 0 aliphatic carbocycles. The lowest BCUT2D eigenvalue weighted by molar-refractivity contribution is -0.113. The van der Waals surface area contributed by atoms with E-state index in [1.165, 1.54) is 36.0 Å². The number of halogens is 1. The number of rotatable bonds is 9. The molecule has 0 radical (unpaired) electrons. The van der Waals surface area contributed by atoms with Gasteiger partial charge in [0.2, 0.25) is 5.91 Å².